The summed E-state index contributed by atoms with van der Waals surface area (Å²) in [6.07, 6.45) is 2.21. The molecule has 2 rings (SSSR count). The number of hydrogen-bond acceptors (Lipinski definition) is 3. The summed E-state index contributed by atoms with van der Waals surface area (Å²) in [7, 11) is 0. The van der Waals surface area contributed by atoms with Crippen molar-refractivity contribution in [2.24, 2.45) is 0 Å². The smallest absolute Gasteiger partial charge is 0.222 e. The van der Waals surface area contributed by atoms with Crippen LogP contribution in [-0.2, 0) is 11.2 Å². The molecule has 1 unspecified atom stereocenters. The number of piperazine rings is 1. The largest absolute Gasteiger partial charge is 0.337 e. The lowest BCUT2D eigenvalue weighted by Gasteiger charge is -2.34. The van der Waals surface area contributed by atoms with Gasteiger partial charge in [-0.25, -0.2) is 0 Å². The first-order chi connectivity index (χ1) is 9.08. The molecule has 0 aliphatic carbocycles. The highest BCUT2D eigenvalue weighted by atomic mass is 35.5. The SMILES string of the molecule is CC1CNCCN1C(=O)CCCc1cc(Cl)sc1Cl. The highest BCUT2D eigenvalue weighted by molar-refractivity contribution is 7.20. The van der Waals surface area contributed by atoms with Gasteiger partial charge in [0.1, 0.15) is 0 Å². The Hall–Kier alpha value is -0.290. The van der Waals surface area contributed by atoms with E-state index in [-0.39, 0.29) is 5.91 Å². The molecule has 1 aliphatic heterocycles. The number of aryl methyl sites for hydroxylation is 1. The molecule has 0 radical (unpaired) electrons. The fourth-order valence-corrected chi connectivity index (χ4v) is 3.87. The molecule has 1 amide bonds. The van der Waals surface area contributed by atoms with E-state index in [1.165, 1.54) is 11.3 Å². The molecule has 0 bridgehead atoms. The number of carbonyl (C=O) groups excluding carboxylic acids is 1. The molecule has 1 saturated heterocycles. The minimum absolute atomic E-state index is 0.242. The summed E-state index contributed by atoms with van der Waals surface area (Å²) in [4.78, 5) is 14.1. The van der Waals surface area contributed by atoms with Crippen molar-refractivity contribution in [3.8, 4) is 0 Å². The van der Waals surface area contributed by atoms with E-state index in [1.54, 1.807) is 0 Å². The summed E-state index contributed by atoms with van der Waals surface area (Å²) >= 11 is 13.3. The van der Waals surface area contributed by atoms with Crippen LogP contribution in [0.15, 0.2) is 6.07 Å². The number of hydrogen-bond donors (Lipinski definition) is 1. The second kappa shape index (κ2) is 6.93. The van der Waals surface area contributed by atoms with E-state index in [4.69, 9.17) is 23.2 Å². The van der Waals surface area contributed by atoms with Crippen LogP contribution >= 0.6 is 34.5 Å². The van der Waals surface area contributed by atoms with Crippen LogP contribution in [0.4, 0.5) is 0 Å². The summed E-state index contributed by atoms with van der Waals surface area (Å²) in [5.74, 6) is 0.242. The Kier molecular flexibility index (Phi) is 5.51. The van der Waals surface area contributed by atoms with Crippen LogP contribution in [0, 0.1) is 0 Å². The van der Waals surface area contributed by atoms with Gasteiger partial charge in [0.25, 0.3) is 0 Å². The van der Waals surface area contributed by atoms with Gasteiger partial charge in [-0.1, -0.05) is 23.2 Å². The monoisotopic (exact) mass is 320 g/mol. The van der Waals surface area contributed by atoms with Gasteiger partial charge in [-0.15, -0.1) is 11.3 Å². The van der Waals surface area contributed by atoms with E-state index in [1.807, 2.05) is 11.0 Å². The molecule has 6 heteroatoms. The Balaban J connectivity index is 1.79. The normalized spacial score (nSPS) is 19.7. The third kappa shape index (κ3) is 4.09. The summed E-state index contributed by atoms with van der Waals surface area (Å²) in [5, 5.41) is 3.29. The van der Waals surface area contributed by atoms with Crippen LogP contribution in [0.25, 0.3) is 0 Å². The Morgan fingerprint density at radius 2 is 2.37 bits per heavy atom. The first-order valence-corrected chi connectivity index (χ1v) is 8.09. The average Bonchev–Trinajstić information content (AvgIpc) is 2.68. The van der Waals surface area contributed by atoms with Gasteiger partial charge in [-0.3, -0.25) is 4.79 Å². The molecular weight excluding hydrogens is 303 g/mol. The summed E-state index contributed by atoms with van der Waals surface area (Å²) < 4.78 is 1.45. The number of thiophene rings is 1. The average molecular weight is 321 g/mol. The van der Waals surface area contributed by atoms with E-state index in [0.717, 1.165) is 42.4 Å². The quantitative estimate of drug-likeness (QED) is 0.924. The van der Waals surface area contributed by atoms with Crippen molar-refractivity contribution >= 4 is 40.4 Å². The fourth-order valence-electron chi connectivity index (χ4n) is 2.33. The highest BCUT2D eigenvalue weighted by Gasteiger charge is 2.22. The zero-order valence-corrected chi connectivity index (χ0v) is 13.2. The van der Waals surface area contributed by atoms with Gasteiger partial charge in [-0.05, 0) is 31.4 Å². The molecule has 2 heterocycles. The molecule has 106 valence electrons. The van der Waals surface area contributed by atoms with Crippen molar-refractivity contribution in [3.05, 3.63) is 20.3 Å². The Labute approximate surface area is 127 Å². The zero-order valence-electron chi connectivity index (χ0n) is 10.9. The molecule has 0 saturated carbocycles. The highest BCUT2D eigenvalue weighted by Crippen LogP contribution is 2.32. The van der Waals surface area contributed by atoms with E-state index in [2.05, 4.69) is 12.2 Å². The van der Waals surface area contributed by atoms with Crippen molar-refractivity contribution in [1.82, 2.24) is 10.2 Å². The van der Waals surface area contributed by atoms with Gasteiger partial charge < -0.3 is 10.2 Å². The van der Waals surface area contributed by atoms with Crippen molar-refractivity contribution in [2.75, 3.05) is 19.6 Å². The molecule has 0 aromatic carbocycles. The molecule has 1 N–H and O–H groups in total. The molecule has 1 fully saturated rings. The maximum Gasteiger partial charge on any atom is 0.222 e. The van der Waals surface area contributed by atoms with Gasteiger partial charge in [0, 0.05) is 32.1 Å². The lowest BCUT2D eigenvalue weighted by atomic mass is 10.1. The van der Waals surface area contributed by atoms with Gasteiger partial charge >= 0.3 is 0 Å². The molecule has 3 nitrogen and oxygen atoms in total. The molecule has 1 aromatic rings. The van der Waals surface area contributed by atoms with Crippen molar-refractivity contribution in [1.29, 1.82) is 0 Å². The first kappa shape index (κ1) is 15.1. The van der Waals surface area contributed by atoms with E-state index >= 15 is 0 Å². The second-order valence-electron chi connectivity index (χ2n) is 4.84. The summed E-state index contributed by atoms with van der Waals surface area (Å²) in [6.45, 7) is 4.67. The van der Waals surface area contributed by atoms with Crippen molar-refractivity contribution < 1.29 is 4.79 Å². The van der Waals surface area contributed by atoms with Crippen LogP contribution in [0.3, 0.4) is 0 Å². The molecule has 1 aliphatic rings. The molecular formula is C13H18Cl2N2OS. The van der Waals surface area contributed by atoms with Crippen molar-refractivity contribution in [2.45, 2.75) is 32.2 Å². The summed E-state index contributed by atoms with van der Waals surface area (Å²) in [6, 6.07) is 2.19. The number of nitrogens with one attached hydrogen (secondary N) is 1. The van der Waals surface area contributed by atoms with Crippen LogP contribution in [-0.4, -0.2) is 36.5 Å². The fraction of sp³-hybridized carbons (Fsp3) is 0.615. The number of halogens is 2. The molecule has 1 atom stereocenters. The zero-order chi connectivity index (χ0) is 13.8. The van der Waals surface area contributed by atoms with Crippen LogP contribution in [0.1, 0.15) is 25.3 Å². The first-order valence-electron chi connectivity index (χ1n) is 6.52. The Morgan fingerprint density at radius 1 is 1.58 bits per heavy atom. The predicted molar refractivity (Wildman–Crippen MR) is 81.3 cm³/mol. The van der Waals surface area contributed by atoms with Gasteiger partial charge in [0.2, 0.25) is 5.91 Å². The van der Waals surface area contributed by atoms with E-state index < -0.39 is 0 Å². The Morgan fingerprint density at radius 3 is 3.00 bits per heavy atom. The van der Waals surface area contributed by atoms with Gasteiger partial charge in [-0.2, -0.15) is 0 Å². The third-order valence-corrected chi connectivity index (χ3v) is 4.95. The summed E-state index contributed by atoms with van der Waals surface area (Å²) in [5.41, 5.74) is 1.05. The lowest BCUT2D eigenvalue weighted by Crippen LogP contribution is -2.52. The Bertz CT molecular complexity index is 450. The number of carbonyl (C=O) groups is 1. The van der Waals surface area contributed by atoms with Gasteiger partial charge in [0.05, 0.1) is 8.67 Å². The predicted octanol–water partition coefficient (Wildman–Crippen LogP) is 3.20. The topological polar surface area (TPSA) is 32.3 Å². The van der Waals surface area contributed by atoms with Crippen LogP contribution in [0.2, 0.25) is 8.67 Å². The molecule has 1 aromatic heterocycles. The number of amides is 1. The minimum atomic E-state index is 0.242. The van der Waals surface area contributed by atoms with Crippen LogP contribution < -0.4 is 5.32 Å². The lowest BCUT2D eigenvalue weighted by molar-refractivity contribution is -0.134. The van der Waals surface area contributed by atoms with E-state index in [9.17, 15) is 4.79 Å². The molecule has 19 heavy (non-hydrogen) atoms. The van der Waals surface area contributed by atoms with Crippen molar-refractivity contribution in [3.63, 3.8) is 0 Å². The maximum absolute atomic E-state index is 12.1. The van der Waals surface area contributed by atoms with Gasteiger partial charge in [0.15, 0.2) is 0 Å². The van der Waals surface area contributed by atoms with E-state index in [0.29, 0.717) is 16.8 Å². The van der Waals surface area contributed by atoms with Crippen LogP contribution in [0.5, 0.6) is 0 Å². The third-order valence-electron chi connectivity index (χ3n) is 3.39. The standard InChI is InChI=1S/C13H18Cl2N2OS/c1-9-8-16-5-6-17(9)12(18)4-2-3-10-7-11(14)19-13(10)15/h7,9,16H,2-6,8H2,1H3. The number of nitrogens with zero attached hydrogens (tertiary/aromatic N) is 1. The maximum atomic E-state index is 12.1. The minimum Gasteiger partial charge on any atom is -0.337 e. The molecule has 0 spiro atoms. The second-order valence-corrected chi connectivity index (χ2v) is 7.13. The number of rotatable bonds is 4.